The van der Waals surface area contributed by atoms with Gasteiger partial charge >= 0.3 is 0 Å². The molecule has 8 heteroatoms. The molecule has 0 aliphatic heterocycles. The summed E-state index contributed by atoms with van der Waals surface area (Å²) in [5.74, 6) is -0.842. The Labute approximate surface area is 172 Å². The van der Waals surface area contributed by atoms with E-state index in [0.717, 1.165) is 0 Å². The van der Waals surface area contributed by atoms with E-state index in [1.165, 1.54) is 12.3 Å². The molecule has 0 radical (unpaired) electrons. The van der Waals surface area contributed by atoms with Gasteiger partial charge in [0, 0.05) is 23.6 Å². The summed E-state index contributed by atoms with van der Waals surface area (Å²) in [6, 6.07) is 16.5. The third kappa shape index (κ3) is 5.70. The van der Waals surface area contributed by atoms with Gasteiger partial charge in [-0.15, -0.1) is 0 Å². The van der Waals surface area contributed by atoms with Crippen molar-refractivity contribution in [2.45, 2.75) is 6.42 Å². The first kappa shape index (κ1) is 20.2. The number of furan rings is 1. The maximum atomic E-state index is 12.4. The number of hydrogen-bond donors (Lipinski definition) is 3. The van der Waals surface area contributed by atoms with Crippen LogP contribution in [0.25, 0.3) is 0 Å². The first-order valence-electron chi connectivity index (χ1n) is 8.80. The van der Waals surface area contributed by atoms with Crippen molar-refractivity contribution in [3.05, 3.63) is 83.3 Å². The van der Waals surface area contributed by atoms with Gasteiger partial charge in [0.05, 0.1) is 17.6 Å². The number of rotatable bonds is 7. The van der Waals surface area contributed by atoms with E-state index in [9.17, 15) is 14.4 Å². The zero-order chi connectivity index (χ0) is 20.6. The molecule has 0 aliphatic rings. The Kier molecular flexibility index (Phi) is 6.65. The van der Waals surface area contributed by atoms with Crippen LogP contribution in [-0.4, -0.2) is 24.3 Å². The van der Waals surface area contributed by atoms with E-state index in [4.69, 9.17) is 16.0 Å². The summed E-state index contributed by atoms with van der Waals surface area (Å²) in [5, 5.41) is 8.64. The number of carbonyl (C=O) groups excluding carboxylic acids is 3. The first-order valence-corrected chi connectivity index (χ1v) is 9.18. The maximum absolute atomic E-state index is 12.4. The lowest BCUT2D eigenvalue weighted by atomic mass is 10.2. The number of hydrogen-bond acceptors (Lipinski definition) is 4. The van der Waals surface area contributed by atoms with Crippen molar-refractivity contribution in [3.63, 3.8) is 0 Å². The molecule has 29 heavy (non-hydrogen) atoms. The second-order valence-corrected chi connectivity index (χ2v) is 6.47. The van der Waals surface area contributed by atoms with Crippen LogP contribution in [0.15, 0.2) is 71.3 Å². The number of amides is 3. The molecule has 1 heterocycles. The van der Waals surface area contributed by atoms with E-state index in [0.29, 0.717) is 22.0 Å². The molecule has 0 spiro atoms. The number of nitrogens with one attached hydrogen (secondary N) is 3. The highest BCUT2D eigenvalue weighted by Crippen LogP contribution is 2.22. The molecular formula is C21H18ClN3O4. The monoisotopic (exact) mass is 411 g/mol. The molecule has 0 fully saturated rings. The smallest absolute Gasteiger partial charge is 0.286 e. The molecule has 0 saturated carbocycles. The predicted octanol–water partition coefficient (Wildman–Crippen LogP) is 3.94. The van der Waals surface area contributed by atoms with Crippen molar-refractivity contribution in [2.75, 3.05) is 17.2 Å². The second-order valence-electron chi connectivity index (χ2n) is 6.04. The predicted molar refractivity (Wildman–Crippen MR) is 110 cm³/mol. The van der Waals surface area contributed by atoms with Crippen molar-refractivity contribution in [3.8, 4) is 0 Å². The Morgan fingerprint density at radius 1 is 0.828 bits per heavy atom. The number of halogens is 1. The van der Waals surface area contributed by atoms with Crippen LogP contribution in [0.4, 0.5) is 11.4 Å². The largest absolute Gasteiger partial charge is 0.459 e. The van der Waals surface area contributed by atoms with E-state index in [1.54, 1.807) is 54.6 Å². The summed E-state index contributed by atoms with van der Waals surface area (Å²) in [5.41, 5.74) is 1.36. The summed E-state index contributed by atoms with van der Waals surface area (Å²) in [7, 11) is 0. The molecular weight excluding hydrogens is 394 g/mol. The SMILES string of the molecule is O=C(CCNC(=O)c1ccco1)Nc1ccccc1NC(=O)c1ccc(Cl)cc1. The normalized spacial score (nSPS) is 10.2. The van der Waals surface area contributed by atoms with E-state index in [-0.39, 0.29) is 30.5 Å². The number of benzene rings is 2. The molecule has 0 bridgehead atoms. The molecule has 0 saturated heterocycles. The number of para-hydroxylation sites is 2. The third-order valence-electron chi connectivity index (χ3n) is 3.94. The van der Waals surface area contributed by atoms with Crippen molar-refractivity contribution in [2.24, 2.45) is 0 Å². The summed E-state index contributed by atoms with van der Waals surface area (Å²) >= 11 is 5.84. The van der Waals surface area contributed by atoms with E-state index in [1.807, 2.05) is 0 Å². The zero-order valence-corrected chi connectivity index (χ0v) is 16.0. The van der Waals surface area contributed by atoms with Gasteiger partial charge in [0.2, 0.25) is 5.91 Å². The van der Waals surface area contributed by atoms with Gasteiger partial charge in [0.1, 0.15) is 0 Å². The van der Waals surface area contributed by atoms with Gasteiger partial charge in [-0.3, -0.25) is 14.4 Å². The van der Waals surface area contributed by atoms with Crippen LogP contribution in [0, 0.1) is 0 Å². The van der Waals surface area contributed by atoms with Gasteiger partial charge in [-0.25, -0.2) is 0 Å². The molecule has 0 atom stereocenters. The van der Waals surface area contributed by atoms with Crippen molar-refractivity contribution < 1.29 is 18.8 Å². The van der Waals surface area contributed by atoms with E-state index in [2.05, 4.69) is 16.0 Å². The Bertz CT molecular complexity index is 1000. The standard InChI is InChI=1S/C21H18ClN3O4/c22-15-9-7-14(8-10-15)20(27)25-17-5-2-1-4-16(17)24-19(26)11-12-23-21(28)18-6-3-13-29-18/h1-10,13H,11-12H2,(H,23,28)(H,24,26)(H,25,27). The van der Waals surface area contributed by atoms with Crippen molar-refractivity contribution >= 4 is 40.7 Å². The lowest BCUT2D eigenvalue weighted by Gasteiger charge is -2.12. The minimum Gasteiger partial charge on any atom is -0.459 e. The molecule has 0 unspecified atom stereocenters. The highest BCUT2D eigenvalue weighted by atomic mass is 35.5. The maximum Gasteiger partial charge on any atom is 0.286 e. The van der Waals surface area contributed by atoms with Crippen LogP contribution < -0.4 is 16.0 Å². The fourth-order valence-corrected chi connectivity index (χ4v) is 2.62. The van der Waals surface area contributed by atoms with Crippen LogP contribution in [0.3, 0.4) is 0 Å². The van der Waals surface area contributed by atoms with Crippen molar-refractivity contribution in [1.82, 2.24) is 5.32 Å². The molecule has 3 N–H and O–H groups in total. The highest BCUT2D eigenvalue weighted by Gasteiger charge is 2.12. The topological polar surface area (TPSA) is 100 Å². The minimum atomic E-state index is -0.390. The Balaban J connectivity index is 1.55. The zero-order valence-electron chi connectivity index (χ0n) is 15.3. The molecule has 3 aromatic rings. The fraction of sp³-hybridized carbons (Fsp3) is 0.0952. The Morgan fingerprint density at radius 3 is 2.17 bits per heavy atom. The fourth-order valence-electron chi connectivity index (χ4n) is 2.49. The molecule has 2 aromatic carbocycles. The summed E-state index contributed by atoms with van der Waals surface area (Å²) in [6.07, 6.45) is 1.46. The van der Waals surface area contributed by atoms with Gasteiger partial charge in [-0.2, -0.15) is 0 Å². The Hall–Kier alpha value is -3.58. The van der Waals surface area contributed by atoms with Crippen molar-refractivity contribution in [1.29, 1.82) is 0 Å². The first-order chi connectivity index (χ1) is 14.0. The lowest BCUT2D eigenvalue weighted by Crippen LogP contribution is -2.27. The third-order valence-corrected chi connectivity index (χ3v) is 4.19. The van der Waals surface area contributed by atoms with E-state index < -0.39 is 5.91 Å². The quantitative estimate of drug-likeness (QED) is 0.548. The molecule has 0 aliphatic carbocycles. The lowest BCUT2D eigenvalue weighted by molar-refractivity contribution is -0.116. The highest BCUT2D eigenvalue weighted by molar-refractivity contribution is 6.30. The average Bonchev–Trinajstić information content (AvgIpc) is 3.25. The van der Waals surface area contributed by atoms with Gasteiger partial charge in [-0.1, -0.05) is 23.7 Å². The number of anilines is 2. The van der Waals surface area contributed by atoms with Crippen LogP contribution in [-0.2, 0) is 4.79 Å². The van der Waals surface area contributed by atoms with Gasteiger partial charge in [0.25, 0.3) is 11.8 Å². The van der Waals surface area contributed by atoms with Crippen LogP contribution in [0.2, 0.25) is 5.02 Å². The average molecular weight is 412 g/mol. The van der Waals surface area contributed by atoms with Gasteiger partial charge in [0.15, 0.2) is 5.76 Å². The summed E-state index contributed by atoms with van der Waals surface area (Å²) in [4.78, 5) is 36.4. The molecule has 3 rings (SSSR count). The second kappa shape index (κ2) is 9.57. The minimum absolute atomic E-state index is 0.0614. The molecule has 7 nitrogen and oxygen atoms in total. The molecule has 1 aromatic heterocycles. The van der Waals surface area contributed by atoms with Crippen LogP contribution >= 0.6 is 11.6 Å². The number of carbonyl (C=O) groups is 3. The van der Waals surface area contributed by atoms with Gasteiger partial charge < -0.3 is 20.4 Å². The van der Waals surface area contributed by atoms with Gasteiger partial charge in [-0.05, 0) is 48.5 Å². The van der Waals surface area contributed by atoms with Crippen LogP contribution in [0.1, 0.15) is 27.3 Å². The summed E-state index contributed by atoms with van der Waals surface area (Å²) < 4.78 is 4.98. The molecule has 148 valence electrons. The van der Waals surface area contributed by atoms with Crippen LogP contribution in [0.5, 0.6) is 0 Å². The Morgan fingerprint density at radius 2 is 1.52 bits per heavy atom. The summed E-state index contributed by atoms with van der Waals surface area (Å²) in [6.45, 7) is 0.144. The van der Waals surface area contributed by atoms with E-state index >= 15 is 0 Å². The molecule has 3 amide bonds.